The molecule has 5 heteroatoms. The number of rotatable bonds is 4. The van der Waals surface area contributed by atoms with Gasteiger partial charge in [0.25, 0.3) is 0 Å². The minimum atomic E-state index is -0.850. The molecule has 6 rings (SSSR count). The molecule has 37 heavy (non-hydrogen) atoms. The summed E-state index contributed by atoms with van der Waals surface area (Å²) in [6, 6.07) is 0. The van der Waals surface area contributed by atoms with E-state index in [-0.39, 0.29) is 71.9 Å². The molecule has 10 atom stereocenters. The predicted octanol–water partition coefficient (Wildman–Crippen LogP) is 5.91. The Morgan fingerprint density at radius 1 is 0.838 bits per heavy atom. The largest absolute Gasteiger partial charge is 0.461 e. The summed E-state index contributed by atoms with van der Waals surface area (Å²) in [5, 5.41) is 0. The first kappa shape index (κ1) is 24.9. The van der Waals surface area contributed by atoms with Gasteiger partial charge in [0.2, 0.25) is 0 Å². The van der Waals surface area contributed by atoms with Crippen molar-refractivity contribution in [1.82, 2.24) is 0 Å². The van der Waals surface area contributed by atoms with Gasteiger partial charge in [-0.05, 0) is 82.5 Å². The second kappa shape index (κ2) is 8.81. The molecular formula is C32H40O5. The van der Waals surface area contributed by atoms with Gasteiger partial charge in [-0.25, -0.2) is 4.79 Å². The van der Waals surface area contributed by atoms with E-state index >= 15 is 0 Å². The van der Waals surface area contributed by atoms with Crippen LogP contribution in [0.2, 0.25) is 0 Å². The molecule has 6 aliphatic rings. The standard InChI is InChI=1S/C32H40O5/c1-16-6-11-24-20(5)30(34)36-28(24)27-21(9-12-23(16)27)15-32(14-19(4)33)25-13-8-17(2)22-10-7-18(3)26(22)29(25)37-31(32)35/h21-29H,1-3,5-15H2,4H3/t21-,22-,23-,24-,25+,26-,27-,28-,29-,32+/m0/s1. The molecule has 0 unspecified atom stereocenters. The summed E-state index contributed by atoms with van der Waals surface area (Å²) in [5.41, 5.74) is 3.36. The molecule has 0 aromatic rings. The van der Waals surface area contributed by atoms with Crippen LogP contribution in [0.25, 0.3) is 0 Å². The van der Waals surface area contributed by atoms with Gasteiger partial charge in [0.05, 0.1) is 5.41 Å². The first-order chi connectivity index (χ1) is 17.6. The zero-order valence-electron chi connectivity index (χ0n) is 22.1. The Bertz CT molecular complexity index is 1110. The van der Waals surface area contributed by atoms with Crippen LogP contribution < -0.4 is 0 Å². The minimum Gasteiger partial charge on any atom is -0.461 e. The third-order valence-electron chi connectivity index (χ3n) is 11.2. The van der Waals surface area contributed by atoms with Crippen molar-refractivity contribution in [1.29, 1.82) is 0 Å². The van der Waals surface area contributed by atoms with Gasteiger partial charge in [0.1, 0.15) is 18.0 Å². The van der Waals surface area contributed by atoms with Crippen LogP contribution in [0.3, 0.4) is 0 Å². The van der Waals surface area contributed by atoms with Crippen molar-refractivity contribution in [3.63, 3.8) is 0 Å². The number of fused-ring (bicyclic) bond motifs is 6. The van der Waals surface area contributed by atoms with Gasteiger partial charge in [-0.1, -0.05) is 43.0 Å². The zero-order chi connectivity index (χ0) is 26.2. The van der Waals surface area contributed by atoms with Crippen LogP contribution in [-0.4, -0.2) is 29.9 Å². The second-order valence-corrected chi connectivity index (χ2v) is 13.0. The van der Waals surface area contributed by atoms with Crippen molar-refractivity contribution >= 4 is 17.7 Å². The molecule has 4 saturated carbocycles. The van der Waals surface area contributed by atoms with E-state index in [0.717, 1.165) is 56.9 Å². The van der Waals surface area contributed by atoms with Gasteiger partial charge >= 0.3 is 11.9 Å². The molecule has 0 amide bonds. The van der Waals surface area contributed by atoms with Crippen LogP contribution in [0.4, 0.5) is 0 Å². The fraction of sp³-hybridized carbons (Fsp3) is 0.656. The highest BCUT2D eigenvalue weighted by atomic mass is 16.6. The quantitative estimate of drug-likeness (QED) is 0.271. The number of ether oxygens (including phenoxy) is 2. The number of Topliss-reactive ketones (excluding diaryl/α,β-unsaturated/α-hetero) is 1. The lowest BCUT2D eigenvalue weighted by Crippen LogP contribution is -2.42. The number of carbonyl (C=O) groups excluding carboxylic acids is 3. The monoisotopic (exact) mass is 504 g/mol. The SMILES string of the molecule is C=C1CC[C@H]2C(=C)CC[C@@H]3[C@H](OC(=O)[C@]3(CC(C)=O)C[C@@H]3CC[C@H]4C(=C)CC[C@H]5C(=C)C(=O)O[C@@H]5[C@@H]34)[C@@H]12. The average molecular weight is 505 g/mol. The van der Waals surface area contributed by atoms with E-state index in [4.69, 9.17) is 9.47 Å². The summed E-state index contributed by atoms with van der Waals surface area (Å²) in [7, 11) is 0. The number of hydrogen-bond acceptors (Lipinski definition) is 5. The van der Waals surface area contributed by atoms with Gasteiger partial charge in [-0.15, -0.1) is 0 Å². The summed E-state index contributed by atoms with van der Waals surface area (Å²) in [6.45, 7) is 18.9. The molecule has 0 radical (unpaired) electrons. The van der Waals surface area contributed by atoms with Gasteiger partial charge in [0.15, 0.2) is 0 Å². The van der Waals surface area contributed by atoms with E-state index in [2.05, 4.69) is 26.3 Å². The molecule has 5 nitrogen and oxygen atoms in total. The molecule has 0 N–H and O–H groups in total. The highest BCUT2D eigenvalue weighted by Crippen LogP contribution is 2.61. The number of hydrogen-bond donors (Lipinski definition) is 0. The first-order valence-electron chi connectivity index (χ1n) is 14.3. The maximum atomic E-state index is 14.0. The Labute approximate surface area is 220 Å². The van der Waals surface area contributed by atoms with E-state index < -0.39 is 5.41 Å². The molecule has 2 saturated heterocycles. The Kier molecular flexibility index (Phi) is 5.93. The number of allylic oxidation sites excluding steroid dienone is 2. The van der Waals surface area contributed by atoms with Crippen LogP contribution in [-0.2, 0) is 23.9 Å². The Morgan fingerprint density at radius 3 is 2.27 bits per heavy atom. The first-order valence-corrected chi connectivity index (χ1v) is 14.3. The lowest BCUT2D eigenvalue weighted by molar-refractivity contribution is -0.153. The lowest BCUT2D eigenvalue weighted by Gasteiger charge is -2.38. The normalized spacial score (nSPS) is 44.9. The molecule has 0 spiro atoms. The van der Waals surface area contributed by atoms with Crippen LogP contribution in [0.5, 0.6) is 0 Å². The Morgan fingerprint density at radius 2 is 1.51 bits per heavy atom. The summed E-state index contributed by atoms with van der Waals surface area (Å²) in [4.78, 5) is 39.3. The van der Waals surface area contributed by atoms with Gasteiger partial charge < -0.3 is 9.47 Å². The average Bonchev–Trinajstić information content (AvgIpc) is 3.51. The zero-order valence-corrected chi connectivity index (χ0v) is 22.1. The molecule has 0 aromatic heterocycles. The lowest BCUT2D eigenvalue weighted by atomic mass is 9.62. The summed E-state index contributed by atoms with van der Waals surface area (Å²) in [5.74, 6) is 0.479. The molecule has 0 bridgehead atoms. The fourth-order valence-corrected chi connectivity index (χ4v) is 9.55. The second-order valence-electron chi connectivity index (χ2n) is 13.0. The van der Waals surface area contributed by atoms with E-state index in [0.29, 0.717) is 17.9 Å². The van der Waals surface area contributed by atoms with Crippen molar-refractivity contribution in [3.05, 3.63) is 48.6 Å². The van der Waals surface area contributed by atoms with Crippen LogP contribution in [0.1, 0.15) is 71.1 Å². The number of esters is 2. The molecule has 198 valence electrons. The van der Waals surface area contributed by atoms with E-state index in [1.165, 1.54) is 11.1 Å². The van der Waals surface area contributed by atoms with Gasteiger partial charge in [-0.2, -0.15) is 0 Å². The van der Waals surface area contributed by atoms with Crippen molar-refractivity contribution in [2.24, 2.45) is 46.8 Å². The van der Waals surface area contributed by atoms with Crippen LogP contribution in [0.15, 0.2) is 48.6 Å². The highest BCUT2D eigenvalue weighted by molar-refractivity contribution is 5.91. The van der Waals surface area contributed by atoms with E-state index in [9.17, 15) is 14.4 Å². The van der Waals surface area contributed by atoms with Crippen molar-refractivity contribution in [2.75, 3.05) is 0 Å². The summed E-state index contributed by atoms with van der Waals surface area (Å²) >= 11 is 0. The molecule has 4 aliphatic carbocycles. The molecule has 2 aliphatic heterocycles. The fourth-order valence-electron chi connectivity index (χ4n) is 9.55. The topological polar surface area (TPSA) is 69.7 Å². The van der Waals surface area contributed by atoms with Crippen molar-refractivity contribution in [3.8, 4) is 0 Å². The Hall–Kier alpha value is -2.43. The molecule has 0 aromatic carbocycles. The molecule has 6 fully saturated rings. The third kappa shape index (κ3) is 3.66. The maximum Gasteiger partial charge on any atom is 0.334 e. The molecule has 2 heterocycles. The van der Waals surface area contributed by atoms with E-state index in [1.807, 2.05) is 0 Å². The highest BCUT2D eigenvalue weighted by Gasteiger charge is 2.64. The summed E-state index contributed by atoms with van der Waals surface area (Å²) < 4.78 is 12.3. The van der Waals surface area contributed by atoms with Crippen LogP contribution >= 0.6 is 0 Å². The molecular weight excluding hydrogens is 464 g/mol. The van der Waals surface area contributed by atoms with Crippen LogP contribution in [0, 0.1) is 46.8 Å². The number of ketones is 1. The van der Waals surface area contributed by atoms with Crippen molar-refractivity contribution < 1.29 is 23.9 Å². The van der Waals surface area contributed by atoms with E-state index in [1.54, 1.807) is 6.92 Å². The predicted molar refractivity (Wildman–Crippen MR) is 140 cm³/mol. The van der Waals surface area contributed by atoms with Gasteiger partial charge in [0, 0.05) is 35.7 Å². The Balaban J connectivity index is 1.37. The third-order valence-corrected chi connectivity index (χ3v) is 11.2. The number of carbonyl (C=O) groups is 3. The maximum absolute atomic E-state index is 14.0. The van der Waals surface area contributed by atoms with Gasteiger partial charge in [-0.3, -0.25) is 9.59 Å². The minimum absolute atomic E-state index is 0.00987. The smallest absolute Gasteiger partial charge is 0.334 e. The van der Waals surface area contributed by atoms with Crippen molar-refractivity contribution in [2.45, 2.75) is 83.3 Å². The summed E-state index contributed by atoms with van der Waals surface area (Å²) in [6.07, 6.45) is 7.65.